The minimum Gasteiger partial charge on any atom is -0.0654 e. The van der Waals surface area contributed by atoms with E-state index in [-0.39, 0.29) is 0 Å². The molecule has 0 aromatic carbocycles. The molecule has 0 aromatic heterocycles. The molecule has 15 heavy (non-hydrogen) atoms. The summed E-state index contributed by atoms with van der Waals surface area (Å²) in [5.74, 6) is 1.90. The second-order valence-electron chi connectivity index (χ2n) is 5.44. The first-order valence-corrected chi connectivity index (χ1v) is 7.20. The van der Waals surface area contributed by atoms with Gasteiger partial charge in [0.05, 0.1) is 0 Å². The van der Waals surface area contributed by atoms with E-state index in [0.29, 0.717) is 0 Å². The monoisotopic (exact) mass is 212 g/mol. The molecule has 2 atom stereocenters. The van der Waals surface area contributed by atoms with E-state index < -0.39 is 0 Å². The second kappa shape index (κ2) is 10.5. The van der Waals surface area contributed by atoms with Gasteiger partial charge in [-0.2, -0.15) is 0 Å². The lowest BCUT2D eigenvalue weighted by atomic mass is 9.90. The Hall–Kier alpha value is 0. The van der Waals surface area contributed by atoms with E-state index in [4.69, 9.17) is 0 Å². The zero-order valence-corrected chi connectivity index (χ0v) is 11.5. The fourth-order valence-corrected chi connectivity index (χ4v) is 2.51. The molecule has 0 saturated carbocycles. The summed E-state index contributed by atoms with van der Waals surface area (Å²) >= 11 is 0. The standard InChI is InChI=1S/C15H32/c1-5-7-8-9-10-12-15(4)13-14(3)11-6-2/h14-15H,5-13H2,1-4H3. The van der Waals surface area contributed by atoms with Crippen LogP contribution in [0.15, 0.2) is 0 Å². The van der Waals surface area contributed by atoms with Gasteiger partial charge in [0, 0.05) is 0 Å². The van der Waals surface area contributed by atoms with E-state index in [1.165, 1.54) is 57.8 Å². The van der Waals surface area contributed by atoms with Crippen LogP contribution in [0.25, 0.3) is 0 Å². The molecule has 0 aliphatic carbocycles. The molecule has 92 valence electrons. The largest absolute Gasteiger partial charge is 0.0654 e. The van der Waals surface area contributed by atoms with Crippen LogP contribution in [0.1, 0.15) is 85.5 Å². The van der Waals surface area contributed by atoms with Gasteiger partial charge in [0.1, 0.15) is 0 Å². The van der Waals surface area contributed by atoms with Gasteiger partial charge in [-0.15, -0.1) is 0 Å². The molecule has 0 saturated heterocycles. The molecule has 0 nitrogen and oxygen atoms in total. The maximum Gasteiger partial charge on any atom is -0.0440 e. The van der Waals surface area contributed by atoms with Crippen molar-refractivity contribution in [3.05, 3.63) is 0 Å². The van der Waals surface area contributed by atoms with E-state index in [1.807, 2.05) is 0 Å². The van der Waals surface area contributed by atoms with Crippen LogP contribution in [0.2, 0.25) is 0 Å². The third-order valence-corrected chi connectivity index (χ3v) is 3.39. The molecule has 0 heterocycles. The summed E-state index contributed by atoms with van der Waals surface area (Å²) in [7, 11) is 0. The second-order valence-corrected chi connectivity index (χ2v) is 5.44. The first-order valence-electron chi connectivity index (χ1n) is 7.20. The SMILES string of the molecule is CCCCCCCC(C)CC(C)CCC. The zero-order chi connectivity index (χ0) is 11.5. The predicted molar refractivity (Wildman–Crippen MR) is 71.2 cm³/mol. The van der Waals surface area contributed by atoms with Crippen molar-refractivity contribution >= 4 is 0 Å². The Kier molecular flexibility index (Phi) is 10.5. The van der Waals surface area contributed by atoms with Gasteiger partial charge in [0.25, 0.3) is 0 Å². The van der Waals surface area contributed by atoms with E-state index >= 15 is 0 Å². The van der Waals surface area contributed by atoms with Crippen LogP contribution in [-0.2, 0) is 0 Å². The minimum absolute atomic E-state index is 0.945. The fourth-order valence-electron chi connectivity index (χ4n) is 2.51. The molecular formula is C15H32. The van der Waals surface area contributed by atoms with Gasteiger partial charge in [-0.05, 0) is 18.3 Å². The molecule has 0 aliphatic rings. The maximum atomic E-state index is 2.44. The fraction of sp³-hybridized carbons (Fsp3) is 1.00. The molecule has 0 heteroatoms. The van der Waals surface area contributed by atoms with Gasteiger partial charge in [-0.3, -0.25) is 0 Å². The lowest BCUT2D eigenvalue weighted by Gasteiger charge is -2.16. The summed E-state index contributed by atoms with van der Waals surface area (Å²) in [6, 6.07) is 0. The van der Waals surface area contributed by atoms with Crippen LogP contribution in [0, 0.1) is 11.8 Å². The van der Waals surface area contributed by atoms with Crippen molar-refractivity contribution in [1.29, 1.82) is 0 Å². The van der Waals surface area contributed by atoms with Crippen LogP contribution < -0.4 is 0 Å². The Bertz CT molecular complexity index is 117. The lowest BCUT2D eigenvalue weighted by Crippen LogP contribution is -2.03. The number of hydrogen-bond acceptors (Lipinski definition) is 0. The van der Waals surface area contributed by atoms with E-state index in [9.17, 15) is 0 Å². The molecule has 0 aromatic rings. The minimum atomic E-state index is 0.945. The maximum absolute atomic E-state index is 2.44. The van der Waals surface area contributed by atoms with Crippen molar-refractivity contribution in [3.63, 3.8) is 0 Å². The summed E-state index contributed by atoms with van der Waals surface area (Å²) in [5.41, 5.74) is 0. The van der Waals surface area contributed by atoms with Crippen molar-refractivity contribution in [2.24, 2.45) is 11.8 Å². The van der Waals surface area contributed by atoms with Gasteiger partial charge in [-0.1, -0.05) is 79.1 Å². The Morgan fingerprint density at radius 3 is 1.87 bits per heavy atom. The quantitative estimate of drug-likeness (QED) is 0.401. The highest BCUT2D eigenvalue weighted by Gasteiger charge is 2.07. The zero-order valence-electron chi connectivity index (χ0n) is 11.5. The third kappa shape index (κ3) is 10.3. The molecule has 0 fully saturated rings. The van der Waals surface area contributed by atoms with Gasteiger partial charge >= 0.3 is 0 Å². The van der Waals surface area contributed by atoms with Gasteiger partial charge < -0.3 is 0 Å². The molecule has 0 rings (SSSR count). The van der Waals surface area contributed by atoms with Crippen molar-refractivity contribution in [2.75, 3.05) is 0 Å². The molecule has 0 N–H and O–H groups in total. The van der Waals surface area contributed by atoms with Crippen molar-refractivity contribution < 1.29 is 0 Å². The van der Waals surface area contributed by atoms with Crippen LogP contribution in [0.4, 0.5) is 0 Å². The first-order chi connectivity index (χ1) is 7.20. The molecule has 0 aliphatic heterocycles. The van der Waals surface area contributed by atoms with E-state index in [2.05, 4.69) is 27.7 Å². The average Bonchev–Trinajstić information content (AvgIpc) is 2.17. The average molecular weight is 212 g/mol. The summed E-state index contributed by atoms with van der Waals surface area (Å²) in [5, 5.41) is 0. The molecular weight excluding hydrogens is 180 g/mol. The molecule has 0 bridgehead atoms. The molecule has 2 unspecified atom stereocenters. The first kappa shape index (κ1) is 15.0. The summed E-state index contributed by atoms with van der Waals surface area (Å²) < 4.78 is 0. The van der Waals surface area contributed by atoms with Gasteiger partial charge in [0.15, 0.2) is 0 Å². The Morgan fingerprint density at radius 2 is 1.27 bits per heavy atom. The molecule has 0 spiro atoms. The van der Waals surface area contributed by atoms with Crippen LogP contribution in [0.5, 0.6) is 0 Å². The smallest absolute Gasteiger partial charge is 0.0440 e. The number of hydrogen-bond donors (Lipinski definition) is 0. The summed E-state index contributed by atoms with van der Waals surface area (Å²) in [6.07, 6.45) is 12.8. The Balaban J connectivity index is 3.28. The molecule has 0 radical (unpaired) electrons. The number of rotatable bonds is 10. The summed E-state index contributed by atoms with van der Waals surface area (Å²) in [6.45, 7) is 9.43. The highest BCUT2D eigenvalue weighted by atomic mass is 14.1. The Labute approximate surface area is 97.8 Å². The molecule has 0 amide bonds. The highest BCUT2D eigenvalue weighted by Crippen LogP contribution is 2.21. The van der Waals surface area contributed by atoms with Crippen LogP contribution >= 0.6 is 0 Å². The van der Waals surface area contributed by atoms with Crippen LogP contribution in [-0.4, -0.2) is 0 Å². The number of unbranched alkanes of at least 4 members (excludes halogenated alkanes) is 4. The lowest BCUT2D eigenvalue weighted by molar-refractivity contribution is 0.364. The topological polar surface area (TPSA) is 0 Å². The predicted octanol–water partition coefficient (Wildman–Crippen LogP) is 5.81. The summed E-state index contributed by atoms with van der Waals surface area (Å²) in [4.78, 5) is 0. The van der Waals surface area contributed by atoms with Gasteiger partial charge in [0.2, 0.25) is 0 Å². The normalized spacial score (nSPS) is 15.2. The van der Waals surface area contributed by atoms with Gasteiger partial charge in [-0.25, -0.2) is 0 Å². The van der Waals surface area contributed by atoms with E-state index in [0.717, 1.165) is 11.8 Å². The van der Waals surface area contributed by atoms with Crippen LogP contribution in [0.3, 0.4) is 0 Å². The van der Waals surface area contributed by atoms with Crippen molar-refractivity contribution in [3.8, 4) is 0 Å². The Morgan fingerprint density at radius 1 is 0.667 bits per heavy atom. The highest BCUT2D eigenvalue weighted by molar-refractivity contribution is 4.60. The van der Waals surface area contributed by atoms with E-state index in [1.54, 1.807) is 0 Å². The van der Waals surface area contributed by atoms with Crippen molar-refractivity contribution in [2.45, 2.75) is 85.5 Å². The van der Waals surface area contributed by atoms with Crippen molar-refractivity contribution in [1.82, 2.24) is 0 Å². The third-order valence-electron chi connectivity index (χ3n) is 3.39.